The van der Waals surface area contributed by atoms with E-state index in [1.165, 1.54) is 0 Å². The highest BCUT2D eigenvalue weighted by Crippen LogP contribution is 2.28. The molecule has 0 aliphatic heterocycles. The van der Waals surface area contributed by atoms with E-state index in [1.807, 2.05) is 54.8 Å². The average molecular weight is 292 g/mol. The van der Waals surface area contributed by atoms with Crippen molar-refractivity contribution in [1.82, 2.24) is 14.8 Å². The van der Waals surface area contributed by atoms with Crippen molar-refractivity contribution in [1.29, 1.82) is 0 Å². The number of benzene rings is 1. The van der Waals surface area contributed by atoms with Crippen LogP contribution in [0.2, 0.25) is 0 Å². The van der Waals surface area contributed by atoms with Crippen molar-refractivity contribution in [2.45, 2.75) is 12.1 Å². The van der Waals surface area contributed by atoms with E-state index in [9.17, 15) is 4.79 Å². The number of aliphatic carboxylic acids is 1. The SMILES string of the molecule is Cc1nnc(SCC(=O)O)n1-c1ccccc1N(C)C. The third-order valence-corrected chi connectivity index (χ3v) is 3.64. The Kier molecular flexibility index (Phi) is 4.29. The second-order valence-electron chi connectivity index (χ2n) is 4.43. The number of hydrogen-bond acceptors (Lipinski definition) is 5. The zero-order valence-corrected chi connectivity index (χ0v) is 12.4. The third-order valence-electron chi connectivity index (χ3n) is 2.72. The topological polar surface area (TPSA) is 71.2 Å². The van der Waals surface area contributed by atoms with Crippen LogP contribution in [-0.2, 0) is 4.79 Å². The van der Waals surface area contributed by atoms with Gasteiger partial charge in [0.05, 0.1) is 17.1 Å². The molecular formula is C13H16N4O2S. The van der Waals surface area contributed by atoms with E-state index < -0.39 is 5.97 Å². The van der Waals surface area contributed by atoms with Gasteiger partial charge in [-0.3, -0.25) is 9.36 Å². The van der Waals surface area contributed by atoms with Crippen LogP contribution in [0.25, 0.3) is 5.69 Å². The molecule has 0 amide bonds. The minimum absolute atomic E-state index is 0.0394. The molecule has 0 saturated carbocycles. The molecule has 106 valence electrons. The summed E-state index contributed by atoms with van der Waals surface area (Å²) in [5.74, 6) is -0.183. The zero-order valence-electron chi connectivity index (χ0n) is 11.6. The quantitative estimate of drug-likeness (QED) is 0.848. The molecule has 1 aromatic carbocycles. The molecule has 0 aliphatic rings. The molecule has 0 aliphatic carbocycles. The molecule has 0 fully saturated rings. The number of aromatic nitrogens is 3. The molecule has 20 heavy (non-hydrogen) atoms. The maximum atomic E-state index is 10.7. The van der Waals surface area contributed by atoms with Crippen LogP contribution in [0.5, 0.6) is 0 Å². The Balaban J connectivity index is 2.47. The summed E-state index contributed by atoms with van der Waals surface area (Å²) in [6, 6.07) is 7.87. The lowest BCUT2D eigenvalue weighted by molar-refractivity contribution is -0.133. The Bertz CT molecular complexity index is 625. The molecule has 0 saturated heterocycles. The third kappa shape index (κ3) is 2.93. The summed E-state index contributed by atoms with van der Waals surface area (Å²) < 4.78 is 1.88. The predicted octanol–water partition coefficient (Wildman–Crippen LogP) is 1.82. The van der Waals surface area contributed by atoms with E-state index in [0.29, 0.717) is 5.16 Å². The number of carboxylic acids is 1. The number of carboxylic acid groups (broad SMARTS) is 1. The lowest BCUT2D eigenvalue weighted by Gasteiger charge is -2.19. The van der Waals surface area contributed by atoms with Crippen LogP contribution in [0, 0.1) is 6.92 Å². The maximum Gasteiger partial charge on any atom is 0.313 e. The van der Waals surface area contributed by atoms with E-state index in [-0.39, 0.29) is 5.75 Å². The first-order valence-corrected chi connectivity index (χ1v) is 7.02. The van der Waals surface area contributed by atoms with Crippen molar-refractivity contribution in [3.05, 3.63) is 30.1 Å². The number of nitrogens with zero attached hydrogens (tertiary/aromatic N) is 4. The van der Waals surface area contributed by atoms with Gasteiger partial charge in [-0.15, -0.1) is 10.2 Å². The minimum Gasteiger partial charge on any atom is -0.481 e. The molecular weight excluding hydrogens is 276 g/mol. The number of thioether (sulfide) groups is 1. The molecule has 7 heteroatoms. The first-order chi connectivity index (χ1) is 9.50. The van der Waals surface area contributed by atoms with Crippen molar-refractivity contribution in [2.24, 2.45) is 0 Å². The zero-order chi connectivity index (χ0) is 14.7. The van der Waals surface area contributed by atoms with Gasteiger partial charge in [0.1, 0.15) is 5.82 Å². The van der Waals surface area contributed by atoms with Gasteiger partial charge in [-0.2, -0.15) is 0 Å². The number of carbonyl (C=O) groups is 1. The van der Waals surface area contributed by atoms with Crippen LogP contribution in [-0.4, -0.2) is 45.7 Å². The Morgan fingerprint density at radius 3 is 2.70 bits per heavy atom. The van der Waals surface area contributed by atoms with Gasteiger partial charge in [0.2, 0.25) is 0 Å². The molecule has 6 nitrogen and oxygen atoms in total. The highest BCUT2D eigenvalue weighted by molar-refractivity contribution is 7.99. The molecule has 2 rings (SSSR count). The Hall–Kier alpha value is -2.02. The maximum absolute atomic E-state index is 10.7. The van der Waals surface area contributed by atoms with E-state index >= 15 is 0 Å². The minimum atomic E-state index is -0.872. The van der Waals surface area contributed by atoms with E-state index in [4.69, 9.17) is 5.11 Å². The van der Waals surface area contributed by atoms with Crippen LogP contribution in [0.15, 0.2) is 29.4 Å². The molecule has 0 atom stereocenters. The van der Waals surface area contributed by atoms with Gasteiger partial charge in [-0.1, -0.05) is 23.9 Å². The van der Waals surface area contributed by atoms with Crippen molar-refractivity contribution < 1.29 is 9.90 Å². The average Bonchev–Trinajstić information content (AvgIpc) is 2.77. The lowest BCUT2D eigenvalue weighted by atomic mass is 10.2. The fourth-order valence-electron chi connectivity index (χ4n) is 1.87. The van der Waals surface area contributed by atoms with Gasteiger partial charge in [-0.25, -0.2) is 0 Å². The number of aryl methyl sites for hydroxylation is 1. The summed E-state index contributed by atoms with van der Waals surface area (Å²) >= 11 is 1.16. The van der Waals surface area contributed by atoms with Crippen molar-refractivity contribution in [3.8, 4) is 5.69 Å². The Morgan fingerprint density at radius 2 is 2.05 bits per heavy atom. The summed E-state index contributed by atoms with van der Waals surface area (Å²) in [6.45, 7) is 1.85. The van der Waals surface area contributed by atoms with E-state index in [2.05, 4.69) is 10.2 Å². The molecule has 0 unspecified atom stereocenters. The lowest BCUT2D eigenvalue weighted by Crippen LogP contribution is -2.13. The van der Waals surface area contributed by atoms with Crippen LogP contribution >= 0.6 is 11.8 Å². The first kappa shape index (κ1) is 14.4. The largest absolute Gasteiger partial charge is 0.481 e. The smallest absolute Gasteiger partial charge is 0.313 e. The summed E-state index contributed by atoms with van der Waals surface area (Å²) in [6.07, 6.45) is 0. The number of anilines is 1. The number of hydrogen-bond donors (Lipinski definition) is 1. The molecule has 1 aromatic heterocycles. The predicted molar refractivity (Wildman–Crippen MR) is 78.8 cm³/mol. The Labute approximate surface area is 121 Å². The van der Waals surface area contributed by atoms with E-state index in [0.717, 1.165) is 29.0 Å². The molecule has 2 aromatic rings. The van der Waals surface area contributed by atoms with Crippen molar-refractivity contribution >= 4 is 23.4 Å². The fourth-order valence-corrected chi connectivity index (χ4v) is 2.58. The highest BCUT2D eigenvalue weighted by atomic mass is 32.2. The van der Waals surface area contributed by atoms with Gasteiger partial charge < -0.3 is 10.0 Å². The molecule has 0 radical (unpaired) electrons. The summed E-state index contributed by atoms with van der Waals surface area (Å²) in [7, 11) is 3.92. The number of para-hydroxylation sites is 2. The van der Waals surface area contributed by atoms with Gasteiger partial charge in [0, 0.05) is 14.1 Å². The highest BCUT2D eigenvalue weighted by Gasteiger charge is 2.16. The van der Waals surface area contributed by atoms with Gasteiger partial charge in [0.25, 0.3) is 0 Å². The van der Waals surface area contributed by atoms with Crippen LogP contribution in [0.1, 0.15) is 5.82 Å². The fraction of sp³-hybridized carbons (Fsp3) is 0.308. The Morgan fingerprint density at radius 1 is 1.35 bits per heavy atom. The molecule has 1 heterocycles. The normalized spacial score (nSPS) is 10.6. The second kappa shape index (κ2) is 5.96. The summed E-state index contributed by atoms with van der Waals surface area (Å²) in [4.78, 5) is 12.7. The van der Waals surface area contributed by atoms with Crippen molar-refractivity contribution in [3.63, 3.8) is 0 Å². The van der Waals surface area contributed by atoms with Crippen molar-refractivity contribution in [2.75, 3.05) is 24.7 Å². The van der Waals surface area contributed by atoms with Gasteiger partial charge in [-0.05, 0) is 19.1 Å². The second-order valence-corrected chi connectivity index (χ2v) is 5.37. The molecule has 1 N–H and O–H groups in total. The van der Waals surface area contributed by atoms with Gasteiger partial charge >= 0.3 is 5.97 Å². The van der Waals surface area contributed by atoms with Crippen LogP contribution in [0.4, 0.5) is 5.69 Å². The van der Waals surface area contributed by atoms with Crippen LogP contribution < -0.4 is 4.90 Å². The molecule has 0 bridgehead atoms. The van der Waals surface area contributed by atoms with E-state index in [1.54, 1.807) is 0 Å². The molecule has 0 spiro atoms. The summed E-state index contributed by atoms with van der Waals surface area (Å²) in [5.41, 5.74) is 1.96. The summed E-state index contributed by atoms with van der Waals surface area (Å²) in [5, 5.41) is 17.5. The number of rotatable bonds is 5. The van der Waals surface area contributed by atoms with Gasteiger partial charge in [0.15, 0.2) is 5.16 Å². The van der Waals surface area contributed by atoms with Crippen LogP contribution in [0.3, 0.4) is 0 Å². The standard InChI is InChI=1S/C13H16N4O2S/c1-9-14-15-13(20-8-12(18)19)17(9)11-7-5-4-6-10(11)16(2)3/h4-7H,8H2,1-3H3,(H,18,19). The monoisotopic (exact) mass is 292 g/mol. The first-order valence-electron chi connectivity index (χ1n) is 6.04.